The molecule has 1 fully saturated rings. The molecule has 5 heteroatoms. The number of benzene rings is 1. The second kappa shape index (κ2) is 5.44. The molecule has 2 aliphatic rings. The Bertz CT molecular complexity index is 628. The van der Waals surface area contributed by atoms with Crippen molar-refractivity contribution in [2.24, 2.45) is 5.92 Å². The minimum absolute atomic E-state index is 0.120. The molecular formula is C16H21NO3S. The van der Waals surface area contributed by atoms with Gasteiger partial charge < -0.3 is 5.32 Å². The van der Waals surface area contributed by atoms with Gasteiger partial charge in [0.25, 0.3) is 0 Å². The summed E-state index contributed by atoms with van der Waals surface area (Å²) in [5.41, 5.74) is 2.21. The first-order valence-corrected chi connectivity index (χ1v) is 9.47. The van der Waals surface area contributed by atoms with Crippen molar-refractivity contribution in [1.82, 2.24) is 0 Å². The molecule has 0 aromatic heterocycles. The first-order chi connectivity index (χ1) is 9.95. The largest absolute Gasteiger partial charge is 0.375 e. The lowest BCUT2D eigenvalue weighted by Gasteiger charge is -2.28. The highest BCUT2D eigenvalue weighted by atomic mass is 32.2. The van der Waals surface area contributed by atoms with Crippen LogP contribution in [0, 0.1) is 5.92 Å². The van der Waals surface area contributed by atoms with Crippen LogP contribution in [0.15, 0.2) is 24.3 Å². The van der Waals surface area contributed by atoms with Crippen LogP contribution in [-0.4, -0.2) is 31.7 Å². The highest BCUT2D eigenvalue weighted by molar-refractivity contribution is 7.91. The van der Waals surface area contributed by atoms with Crippen molar-refractivity contribution in [3.8, 4) is 0 Å². The molecule has 0 radical (unpaired) electrons. The van der Waals surface area contributed by atoms with E-state index in [4.69, 9.17) is 0 Å². The summed E-state index contributed by atoms with van der Waals surface area (Å²) in [6.45, 7) is 0. The van der Waals surface area contributed by atoms with Gasteiger partial charge in [-0.1, -0.05) is 24.6 Å². The molecule has 3 atom stereocenters. The summed E-state index contributed by atoms with van der Waals surface area (Å²) in [6, 6.07) is 7.77. The highest BCUT2D eigenvalue weighted by Gasteiger charge is 2.37. The second-order valence-electron chi connectivity index (χ2n) is 6.28. The van der Waals surface area contributed by atoms with Gasteiger partial charge in [-0.2, -0.15) is 0 Å². The fourth-order valence-electron chi connectivity index (χ4n) is 3.55. The Morgan fingerprint density at radius 2 is 2.00 bits per heavy atom. The smallest absolute Gasteiger partial charge is 0.158 e. The maximum Gasteiger partial charge on any atom is 0.158 e. The molecule has 3 rings (SSSR count). The SMILES string of the molecule is CS(=O)(=O)C1CCCC(C(=O)C2Cc3ccccc3N2)C1. The number of hydrogen-bond acceptors (Lipinski definition) is 4. The van der Waals surface area contributed by atoms with Gasteiger partial charge in [-0.3, -0.25) is 4.79 Å². The number of carbonyl (C=O) groups excluding carboxylic acids is 1. The third-order valence-corrected chi connectivity index (χ3v) is 6.39. The Labute approximate surface area is 125 Å². The number of fused-ring (bicyclic) bond motifs is 1. The molecule has 1 aromatic rings. The molecule has 0 saturated heterocycles. The Hall–Kier alpha value is -1.36. The molecule has 0 amide bonds. The summed E-state index contributed by atoms with van der Waals surface area (Å²) >= 11 is 0. The standard InChI is InChI=1S/C16H21NO3S/c1-21(19,20)13-7-4-6-12(9-13)16(18)15-10-11-5-2-3-8-14(11)17-15/h2-3,5,8,12-13,15,17H,4,6-7,9-10H2,1H3. The van der Waals surface area contributed by atoms with Crippen molar-refractivity contribution >= 4 is 21.3 Å². The lowest BCUT2D eigenvalue weighted by molar-refractivity contribution is -0.124. The number of rotatable bonds is 3. The molecule has 1 N–H and O–H groups in total. The van der Waals surface area contributed by atoms with Crippen LogP contribution in [0.3, 0.4) is 0 Å². The van der Waals surface area contributed by atoms with Gasteiger partial charge in [0.2, 0.25) is 0 Å². The van der Waals surface area contributed by atoms with E-state index in [0.717, 1.165) is 24.9 Å². The van der Waals surface area contributed by atoms with Crippen molar-refractivity contribution in [2.75, 3.05) is 11.6 Å². The monoisotopic (exact) mass is 307 g/mol. The number of hydrogen-bond donors (Lipinski definition) is 1. The van der Waals surface area contributed by atoms with Crippen LogP contribution in [0.1, 0.15) is 31.2 Å². The zero-order valence-corrected chi connectivity index (χ0v) is 13.0. The number of carbonyl (C=O) groups is 1. The van der Waals surface area contributed by atoms with E-state index in [9.17, 15) is 13.2 Å². The van der Waals surface area contributed by atoms with Crippen molar-refractivity contribution in [1.29, 1.82) is 0 Å². The van der Waals surface area contributed by atoms with Crippen LogP contribution >= 0.6 is 0 Å². The minimum atomic E-state index is -3.04. The topological polar surface area (TPSA) is 63.2 Å². The fraction of sp³-hybridized carbons (Fsp3) is 0.562. The van der Waals surface area contributed by atoms with E-state index < -0.39 is 9.84 Å². The van der Waals surface area contributed by atoms with Crippen molar-refractivity contribution in [3.05, 3.63) is 29.8 Å². The quantitative estimate of drug-likeness (QED) is 0.930. The van der Waals surface area contributed by atoms with Gasteiger partial charge in [0.15, 0.2) is 5.78 Å². The van der Waals surface area contributed by atoms with Crippen molar-refractivity contribution in [2.45, 2.75) is 43.4 Å². The third-order valence-electron chi connectivity index (χ3n) is 4.75. The lowest BCUT2D eigenvalue weighted by atomic mass is 9.83. The van der Waals surface area contributed by atoms with Crippen LogP contribution in [0.5, 0.6) is 0 Å². The molecule has 1 saturated carbocycles. The first kappa shape index (κ1) is 14.6. The van der Waals surface area contributed by atoms with Gasteiger partial charge in [-0.15, -0.1) is 0 Å². The first-order valence-electron chi connectivity index (χ1n) is 7.52. The zero-order valence-electron chi connectivity index (χ0n) is 12.2. The van der Waals surface area contributed by atoms with E-state index in [2.05, 4.69) is 5.32 Å². The van der Waals surface area contributed by atoms with E-state index >= 15 is 0 Å². The van der Waals surface area contributed by atoms with Gasteiger partial charge in [0, 0.05) is 24.3 Å². The number of ketones is 1. The normalized spacial score (nSPS) is 28.7. The number of anilines is 1. The van der Waals surface area contributed by atoms with Gasteiger partial charge in [-0.05, 0) is 30.9 Å². The van der Waals surface area contributed by atoms with E-state index in [1.807, 2.05) is 24.3 Å². The molecule has 21 heavy (non-hydrogen) atoms. The van der Waals surface area contributed by atoms with E-state index in [0.29, 0.717) is 12.8 Å². The van der Waals surface area contributed by atoms with E-state index in [1.165, 1.54) is 11.8 Å². The molecule has 1 aliphatic carbocycles. The average molecular weight is 307 g/mol. The van der Waals surface area contributed by atoms with Crippen LogP contribution in [0.2, 0.25) is 0 Å². The third kappa shape index (κ3) is 2.98. The molecule has 0 spiro atoms. The molecule has 1 aliphatic heterocycles. The molecule has 114 valence electrons. The van der Waals surface area contributed by atoms with Crippen LogP contribution in [0.25, 0.3) is 0 Å². The Morgan fingerprint density at radius 1 is 1.24 bits per heavy atom. The highest BCUT2D eigenvalue weighted by Crippen LogP contribution is 2.33. The number of Topliss-reactive ketones (excluding diaryl/α,β-unsaturated/α-hetero) is 1. The molecular weight excluding hydrogens is 286 g/mol. The van der Waals surface area contributed by atoms with E-state index in [1.54, 1.807) is 0 Å². The fourth-order valence-corrected chi connectivity index (χ4v) is 4.72. The lowest BCUT2D eigenvalue weighted by Crippen LogP contribution is -2.38. The summed E-state index contributed by atoms with van der Waals surface area (Å²) in [6.07, 6.45) is 4.84. The van der Waals surface area contributed by atoms with Crippen LogP contribution < -0.4 is 5.32 Å². The Kier molecular flexibility index (Phi) is 3.78. The molecule has 3 unspecified atom stereocenters. The summed E-state index contributed by atoms with van der Waals surface area (Å²) in [5.74, 6) is 0.0600. The van der Waals surface area contributed by atoms with Crippen molar-refractivity contribution < 1.29 is 13.2 Å². The predicted octanol–water partition coefficient (Wildman–Crippen LogP) is 2.20. The van der Waals surface area contributed by atoms with Crippen LogP contribution in [-0.2, 0) is 21.1 Å². The molecule has 0 bridgehead atoms. The van der Waals surface area contributed by atoms with Gasteiger partial charge in [-0.25, -0.2) is 8.42 Å². The average Bonchev–Trinajstić information content (AvgIpc) is 2.89. The second-order valence-corrected chi connectivity index (χ2v) is 8.60. The van der Waals surface area contributed by atoms with Crippen LogP contribution in [0.4, 0.5) is 5.69 Å². The summed E-state index contributed by atoms with van der Waals surface area (Å²) in [7, 11) is -3.04. The molecule has 1 aromatic carbocycles. The van der Waals surface area contributed by atoms with Crippen molar-refractivity contribution in [3.63, 3.8) is 0 Å². The van der Waals surface area contributed by atoms with Gasteiger partial charge in [0.05, 0.1) is 11.3 Å². The number of sulfone groups is 1. The molecule has 4 nitrogen and oxygen atoms in total. The van der Waals surface area contributed by atoms with E-state index in [-0.39, 0.29) is 23.0 Å². The number of nitrogens with one attached hydrogen (secondary N) is 1. The summed E-state index contributed by atoms with van der Waals surface area (Å²) in [5, 5.41) is 2.94. The Balaban J connectivity index is 1.69. The maximum atomic E-state index is 12.7. The zero-order chi connectivity index (χ0) is 15.0. The minimum Gasteiger partial charge on any atom is -0.375 e. The van der Waals surface area contributed by atoms with Gasteiger partial charge in [0.1, 0.15) is 9.84 Å². The maximum absolute atomic E-state index is 12.7. The summed E-state index contributed by atoms with van der Waals surface area (Å²) in [4.78, 5) is 12.7. The molecule has 1 heterocycles. The van der Waals surface area contributed by atoms with Gasteiger partial charge >= 0.3 is 0 Å². The Morgan fingerprint density at radius 3 is 2.71 bits per heavy atom. The summed E-state index contributed by atoms with van der Waals surface area (Å²) < 4.78 is 23.5. The number of para-hydroxylation sites is 1. The predicted molar refractivity (Wildman–Crippen MR) is 83.2 cm³/mol.